The molecule has 25 heavy (non-hydrogen) atoms. The van der Waals surface area contributed by atoms with Gasteiger partial charge in [-0.15, -0.1) is 0 Å². The van der Waals surface area contributed by atoms with Crippen LogP contribution in [0.4, 0.5) is 14.6 Å². The first-order valence-electron chi connectivity index (χ1n) is 7.54. The van der Waals surface area contributed by atoms with Gasteiger partial charge >= 0.3 is 0 Å². The summed E-state index contributed by atoms with van der Waals surface area (Å²) in [6.45, 7) is 1.04. The Morgan fingerprint density at radius 3 is 2.84 bits per heavy atom. The summed E-state index contributed by atoms with van der Waals surface area (Å²) in [7, 11) is 0. The summed E-state index contributed by atoms with van der Waals surface area (Å²) in [6, 6.07) is 6.07. The summed E-state index contributed by atoms with van der Waals surface area (Å²) in [5.41, 5.74) is 0.668. The predicted molar refractivity (Wildman–Crippen MR) is 88.6 cm³/mol. The molecule has 1 fully saturated rings. The van der Waals surface area contributed by atoms with Crippen LogP contribution >= 0.6 is 0 Å². The first kappa shape index (κ1) is 16.6. The van der Waals surface area contributed by atoms with E-state index < -0.39 is 12.0 Å². The van der Waals surface area contributed by atoms with Crippen LogP contribution in [-0.4, -0.2) is 38.8 Å². The number of rotatable bonds is 1. The first-order chi connectivity index (χ1) is 12.1. The summed E-state index contributed by atoms with van der Waals surface area (Å²) >= 11 is 0. The highest BCUT2D eigenvalue weighted by Crippen LogP contribution is 2.21. The second kappa shape index (κ2) is 7.09. The summed E-state index contributed by atoms with van der Waals surface area (Å²) in [4.78, 5) is 18.6. The minimum Gasteiger partial charge on any atom is -0.353 e. The minimum absolute atomic E-state index is 0. The molecule has 3 aromatic rings. The van der Waals surface area contributed by atoms with Crippen molar-refractivity contribution >= 4 is 11.5 Å². The molecule has 3 aromatic heterocycles. The van der Waals surface area contributed by atoms with E-state index >= 15 is 0 Å². The Labute approximate surface area is 142 Å². The molecule has 0 saturated carbocycles. The summed E-state index contributed by atoms with van der Waals surface area (Å²) in [6.07, 6.45) is 3.99. The van der Waals surface area contributed by atoms with Crippen LogP contribution < -0.4 is 10.5 Å². The highest BCUT2D eigenvalue weighted by atomic mass is 19.1. The van der Waals surface area contributed by atoms with Crippen LogP contribution in [0.2, 0.25) is 0 Å². The number of aromatic amines is 1. The van der Waals surface area contributed by atoms with Gasteiger partial charge in [-0.05, 0) is 18.6 Å². The highest BCUT2D eigenvalue weighted by molar-refractivity contribution is 5.57. The fourth-order valence-electron chi connectivity index (χ4n) is 2.43. The fourth-order valence-corrected chi connectivity index (χ4v) is 2.43. The van der Waals surface area contributed by atoms with Crippen molar-refractivity contribution in [1.82, 2.24) is 19.6 Å². The molecule has 130 valence electrons. The normalized spacial score (nSPS) is 16.4. The molecule has 1 saturated heterocycles. The average molecular weight is 346 g/mol. The lowest BCUT2D eigenvalue weighted by atomic mass is 10.3. The van der Waals surface area contributed by atoms with Gasteiger partial charge < -0.3 is 9.88 Å². The third-order valence-electron chi connectivity index (χ3n) is 3.68. The fraction of sp³-hybridized carbons (Fsp3) is 0.250. The highest BCUT2D eigenvalue weighted by Gasteiger charge is 2.23. The number of pyridine rings is 1. The molecule has 1 atom stereocenters. The lowest BCUT2D eigenvalue weighted by Crippen LogP contribution is -2.21. The minimum atomic E-state index is -0.784. The predicted octanol–water partition coefficient (Wildman–Crippen LogP) is 1.91. The second-order valence-corrected chi connectivity index (χ2v) is 5.43. The Bertz CT molecular complexity index is 962. The van der Waals surface area contributed by atoms with E-state index in [2.05, 4.69) is 15.1 Å². The Hall–Kier alpha value is -3.28. The van der Waals surface area contributed by atoms with Gasteiger partial charge in [0, 0.05) is 26.4 Å². The van der Waals surface area contributed by atoms with Gasteiger partial charge in [-0.2, -0.15) is 10.4 Å². The lowest BCUT2D eigenvalue weighted by molar-refractivity contribution is 0.364. The number of fused-ring (bicyclic) bond motifs is 1. The maximum atomic E-state index is 13.1. The number of H-pyrrole nitrogens is 1. The Balaban J connectivity index is 0.000000230. The van der Waals surface area contributed by atoms with Crippen molar-refractivity contribution in [3.8, 4) is 6.07 Å². The summed E-state index contributed by atoms with van der Waals surface area (Å²) in [5.74, 6) is 0.277. The molecule has 4 heterocycles. The number of aromatic nitrogens is 4. The third kappa shape index (κ3) is 3.80. The first-order valence-corrected chi connectivity index (χ1v) is 7.54. The van der Waals surface area contributed by atoms with Crippen molar-refractivity contribution in [2.24, 2.45) is 0 Å². The zero-order chi connectivity index (χ0) is 17.8. The van der Waals surface area contributed by atoms with Gasteiger partial charge in [0.05, 0.1) is 12.7 Å². The largest absolute Gasteiger partial charge is 0.353 e. The Morgan fingerprint density at radius 1 is 1.40 bits per heavy atom. The molecular weight excluding hydrogens is 330 g/mol. The quantitative estimate of drug-likeness (QED) is 0.727. The van der Waals surface area contributed by atoms with Gasteiger partial charge in [-0.3, -0.25) is 4.79 Å². The molecule has 0 aliphatic carbocycles. The summed E-state index contributed by atoms with van der Waals surface area (Å²) in [5, 5.41) is 12.9. The number of nitrogens with one attached hydrogen (secondary N) is 1. The Kier molecular flexibility index (Phi) is 4.70. The van der Waals surface area contributed by atoms with Crippen LogP contribution in [0.1, 0.15) is 13.4 Å². The Morgan fingerprint density at radius 2 is 2.24 bits per heavy atom. The van der Waals surface area contributed by atoms with Crippen LogP contribution in [0.3, 0.4) is 0 Å². The smallest absolute Gasteiger partial charge is 0.248 e. The molecule has 0 spiro atoms. The molecule has 4 rings (SSSR count). The molecule has 0 radical (unpaired) electrons. The number of hydrogen-bond acceptors (Lipinski definition) is 5. The third-order valence-corrected chi connectivity index (χ3v) is 3.68. The van der Waals surface area contributed by atoms with E-state index in [0.717, 1.165) is 18.3 Å². The van der Waals surface area contributed by atoms with E-state index in [4.69, 9.17) is 5.26 Å². The number of nitriles is 1. The lowest BCUT2D eigenvalue weighted by Gasteiger charge is -2.15. The molecule has 0 unspecified atom stereocenters. The van der Waals surface area contributed by atoms with E-state index in [1.54, 1.807) is 16.8 Å². The molecule has 0 bridgehead atoms. The maximum Gasteiger partial charge on any atom is 0.248 e. The van der Waals surface area contributed by atoms with Crippen LogP contribution in [0.25, 0.3) is 5.65 Å². The standard InChI is InChI=1S/C11H10FN5.C5H4FNO.H2/c12-9-1-3-16(7-9)10-2-4-17-11(15-10)8(5-13)6-14-17;6-4-1-2-5(8)7-3-4;/h2,4,6,9H,1,3,7H2;1-3H,(H,7,8);1H/t9-;;/m0../s1. The number of halogens is 2. The van der Waals surface area contributed by atoms with Crippen molar-refractivity contribution in [2.45, 2.75) is 12.6 Å². The van der Waals surface area contributed by atoms with Gasteiger partial charge in [-0.25, -0.2) is 18.3 Å². The van der Waals surface area contributed by atoms with E-state index in [1.165, 1.54) is 6.20 Å². The molecule has 0 aromatic carbocycles. The maximum absolute atomic E-state index is 13.1. The SMILES string of the molecule is N#Cc1cnn2ccc(N3CC[C@H](F)C3)nc12.O=c1ccc(F)c[nH]1.[HH]. The van der Waals surface area contributed by atoms with Gasteiger partial charge in [0.25, 0.3) is 0 Å². The second-order valence-electron chi connectivity index (χ2n) is 5.43. The molecule has 7 nitrogen and oxygen atoms in total. The van der Waals surface area contributed by atoms with E-state index in [1.807, 2.05) is 11.0 Å². The number of hydrogen-bond donors (Lipinski definition) is 1. The van der Waals surface area contributed by atoms with Crippen LogP contribution in [0.15, 0.2) is 41.6 Å². The molecular formula is C16H16F2N6O. The van der Waals surface area contributed by atoms with Crippen LogP contribution in [0.5, 0.6) is 0 Å². The average Bonchev–Trinajstić information content (AvgIpc) is 3.23. The zero-order valence-electron chi connectivity index (χ0n) is 13.1. The van der Waals surface area contributed by atoms with Crippen molar-refractivity contribution < 1.29 is 10.2 Å². The zero-order valence-corrected chi connectivity index (χ0v) is 13.1. The van der Waals surface area contributed by atoms with Gasteiger partial charge in [-0.1, -0.05) is 0 Å². The number of anilines is 1. The van der Waals surface area contributed by atoms with Crippen molar-refractivity contribution in [2.75, 3.05) is 18.0 Å². The molecule has 1 aliphatic heterocycles. The summed E-state index contributed by atoms with van der Waals surface area (Å²) < 4.78 is 26.6. The molecule has 0 amide bonds. The number of alkyl halides is 1. The van der Waals surface area contributed by atoms with Crippen molar-refractivity contribution in [1.29, 1.82) is 5.26 Å². The van der Waals surface area contributed by atoms with E-state index in [-0.39, 0.29) is 6.99 Å². The van der Waals surface area contributed by atoms with Crippen molar-refractivity contribution in [3.05, 3.63) is 58.5 Å². The molecule has 1 N–H and O–H groups in total. The van der Waals surface area contributed by atoms with Crippen molar-refractivity contribution in [3.63, 3.8) is 0 Å². The monoisotopic (exact) mass is 346 g/mol. The van der Waals surface area contributed by atoms with Crippen LogP contribution in [0, 0.1) is 17.1 Å². The molecule has 1 aliphatic rings. The van der Waals surface area contributed by atoms with Gasteiger partial charge in [0.1, 0.15) is 29.4 Å². The van der Waals surface area contributed by atoms with Gasteiger partial charge in [0.15, 0.2) is 5.65 Å². The van der Waals surface area contributed by atoms with E-state index in [9.17, 15) is 13.6 Å². The topological polar surface area (TPSA) is 90.1 Å². The van der Waals surface area contributed by atoms with Crippen LogP contribution in [-0.2, 0) is 0 Å². The number of nitrogens with zero attached hydrogens (tertiary/aromatic N) is 5. The molecule has 9 heteroatoms. The van der Waals surface area contributed by atoms with Gasteiger partial charge in [0.2, 0.25) is 5.56 Å². The van der Waals surface area contributed by atoms with E-state index in [0.29, 0.717) is 36.5 Å².